The van der Waals surface area contributed by atoms with Crippen LogP contribution in [-0.4, -0.2) is 23.8 Å². The Hall–Kier alpha value is -2.80. The molecule has 1 amide bonds. The zero-order chi connectivity index (χ0) is 19.4. The predicted molar refractivity (Wildman–Crippen MR) is 107 cm³/mol. The third kappa shape index (κ3) is 4.49. The first kappa shape index (κ1) is 19.0. The Balaban J connectivity index is 1.64. The average Bonchev–Trinajstić information content (AvgIpc) is 2.63. The second-order valence-electron chi connectivity index (χ2n) is 6.07. The van der Waals surface area contributed by atoms with Gasteiger partial charge in [0.05, 0.1) is 24.1 Å². The number of methoxy groups -OCH3 is 1. The first-order chi connectivity index (χ1) is 13.0. The third-order valence-electron chi connectivity index (χ3n) is 3.99. The second kappa shape index (κ2) is 8.26. The summed E-state index contributed by atoms with van der Waals surface area (Å²) in [5.41, 5.74) is 2.14. The second-order valence-corrected chi connectivity index (χ2v) is 7.05. The molecule has 3 aromatic rings. The van der Waals surface area contributed by atoms with E-state index in [1.54, 1.807) is 19.2 Å². The highest BCUT2D eigenvalue weighted by Crippen LogP contribution is 2.25. The fraction of sp³-hybridized carbons (Fsp3) is 0.200. The summed E-state index contributed by atoms with van der Waals surface area (Å²) in [6.45, 7) is 1.93. The van der Waals surface area contributed by atoms with Crippen LogP contribution >= 0.6 is 11.8 Å². The fourth-order valence-corrected chi connectivity index (χ4v) is 3.46. The maximum Gasteiger partial charge on any atom is 0.234 e. The number of anilines is 1. The van der Waals surface area contributed by atoms with Gasteiger partial charge in [0.15, 0.2) is 5.43 Å². The number of aromatic amines is 1. The number of H-pyrrole nitrogens is 1. The lowest BCUT2D eigenvalue weighted by molar-refractivity contribution is -0.113. The fourth-order valence-electron chi connectivity index (χ4n) is 2.73. The van der Waals surface area contributed by atoms with Crippen LogP contribution in [0.25, 0.3) is 10.9 Å². The van der Waals surface area contributed by atoms with Gasteiger partial charge in [-0.1, -0.05) is 12.1 Å². The van der Waals surface area contributed by atoms with Gasteiger partial charge < -0.3 is 15.0 Å². The SMILES string of the molecule is COc1ccc(C)cc1NC(=O)CSCc1cc(=O)c2cccc(F)c2[nH]1. The number of halogens is 1. The molecular formula is C20H19FN2O3S. The van der Waals surface area contributed by atoms with Crippen molar-refractivity contribution in [2.75, 3.05) is 18.2 Å². The van der Waals surface area contributed by atoms with Crippen LogP contribution in [0, 0.1) is 12.7 Å². The number of carbonyl (C=O) groups is 1. The highest BCUT2D eigenvalue weighted by Gasteiger charge is 2.10. The number of benzene rings is 2. The van der Waals surface area contributed by atoms with Crippen LogP contribution in [-0.2, 0) is 10.5 Å². The topological polar surface area (TPSA) is 71.2 Å². The minimum absolute atomic E-state index is 0.182. The molecule has 7 heteroatoms. The highest BCUT2D eigenvalue weighted by molar-refractivity contribution is 7.99. The minimum Gasteiger partial charge on any atom is -0.495 e. The Morgan fingerprint density at radius 3 is 2.85 bits per heavy atom. The van der Waals surface area contributed by atoms with E-state index in [0.29, 0.717) is 28.3 Å². The third-order valence-corrected chi connectivity index (χ3v) is 4.97. The van der Waals surface area contributed by atoms with E-state index in [2.05, 4.69) is 10.3 Å². The Morgan fingerprint density at radius 2 is 2.07 bits per heavy atom. The standard InChI is InChI=1S/C20H19FN2O3S/c1-12-6-7-18(26-2)16(8-12)23-19(25)11-27-10-13-9-17(24)14-4-3-5-15(21)20(14)22-13/h3-9H,10-11H2,1-2H3,(H,22,24)(H,23,25). The van der Waals surface area contributed by atoms with E-state index in [4.69, 9.17) is 4.74 Å². The first-order valence-electron chi connectivity index (χ1n) is 8.30. The van der Waals surface area contributed by atoms with Crippen molar-refractivity contribution in [3.8, 4) is 5.75 Å². The summed E-state index contributed by atoms with van der Waals surface area (Å²) in [4.78, 5) is 27.2. The average molecular weight is 386 g/mol. The lowest BCUT2D eigenvalue weighted by Gasteiger charge is -2.11. The van der Waals surface area contributed by atoms with Crippen molar-refractivity contribution in [3.05, 3.63) is 69.8 Å². The van der Waals surface area contributed by atoms with E-state index in [1.807, 2.05) is 19.1 Å². The molecule has 0 aliphatic carbocycles. The molecule has 140 valence electrons. The number of rotatable bonds is 6. The molecule has 5 nitrogen and oxygen atoms in total. The maximum absolute atomic E-state index is 13.9. The van der Waals surface area contributed by atoms with E-state index >= 15 is 0 Å². The smallest absolute Gasteiger partial charge is 0.234 e. The molecule has 2 aromatic carbocycles. The number of fused-ring (bicyclic) bond motifs is 1. The number of thioether (sulfide) groups is 1. The summed E-state index contributed by atoms with van der Waals surface area (Å²) in [6, 6.07) is 11.4. The van der Waals surface area contributed by atoms with Gasteiger partial charge in [-0.2, -0.15) is 0 Å². The van der Waals surface area contributed by atoms with Gasteiger partial charge in [0, 0.05) is 22.9 Å². The molecule has 0 spiro atoms. The van der Waals surface area contributed by atoms with Crippen LogP contribution in [0.5, 0.6) is 5.75 Å². The van der Waals surface area contributed by atoms with E-state index in [1.165, 1.54) is 30.0 Å². The van der Waals surface area contributed by atoms with Crippen molar-refractivity contribution in [2.24, 2.45) is 0 Å². The van der Waals surface area contributed by atoms with Crippen LogP contribution in [0.3, 0.4) is 0 Å². The van der Waals surface area contributed by atoms with E-state index in [9.17, 15) is 14.0 Å². The van der Waals surface area contributed by atoms with Gasteiger partial charge in [0.25, 0.3) is 0 Å². The number of pyridine rings is 1. The molecule has 0 saturated heterocycles. The Morgan fingerprint density at radius 1 is 1.26 bits per heavy atom. The molecular weight excluding hydrogens is 367 g/mol. The zero-order valence-electron chi connectivity index (χ0n) is 15.0. The number of hydrogen-bond donors (Lipinski definition) is 2. The van der Waals surface area contributed by atoms with Crippen LogP contribution in [0.15, 0.2) is 47.3 Å². The highest BCUT2D eigenvalue weighted by atomic mass is 32.2. The van der Waals surface area contributed by atoms with Gasteiger partial charge >= 0.3 is 0 Å². The lowest BCUT2D eigenvalue weighted by atomic mass is 10.2. The molecule has 27 heavy (non-hydrogen) atoms. The van der Waals surface area contributed by atoms with Crippen LogP contribution in [0.4, 0.5) is 10.1 Å². The van der Waals surface area contributed by atoms with Crippen molar-refractivity contribution in [2.45, 2.75) is 12.7 Å². The van der Waals surface area contributed by atoms with Gasteiger partial charge in [0.1, 0.15) is 11.6 Å². The van der Waals surface area contributed by atoms with Gasteiger partial charge in [-0.05, 0) is 36.8 Å². The largest absolute Gasteiger partial charge is 0.495 e. The van der Waals surface area contributed by atoms with Gasteiger partial charge in [0.2, 0.25) is 5.91 Å². The summed E-state index contributed by atoms with van der Waals surface area (Å²) >= 11 is 1.33. The Labute approximate surface area is 159 Å². The molecule has 2 N–H and O–H groups in total. The van der Waals surface area contributed by atoms with Crippen molar-refractivity contribution in [3.63, 3.8) is 0 Å². The number of para-hydroxylation sites is 1. The monoisotopic (exact) mass is 386 g/mol. The number of aromatic nitrogens is 1. The predicted octanol–water partition coefficient (Wildman–Crippen LogP) is 3.86. The van der Waals surface area contributed by atoms with Gasteiger partial charge in [-0.25, -0.2) is 4.39 Å². The summed E-state index contributed by atoms with van der Waals surface area (Å²) in [6.07, 6.45) is 0. The number of carbonyl (C=O) groups excluding carboxylic acids is 1. The quantitative estimate of drug-likeness (QED) is 0.675. The molecule has 0 atom stereocenters. The van der Waals surface area contributed by atoms with Crippen molar-refractivity contribution < 1.29 is 13.9 Å². The van der Waals surface area contributed by atoms with E-state index in [-0.39, 0.29) is 22.6 Å². The van der Waals surface area contributed by atoms with Crippen molar-refractivity contribution in [1.82, 2.24) is 4.98 Å². The summed E-state index contributed by atoms with van der Waals surface area (Å²) in [7, 11) is 1.55. The lowest BCUT2D eigenvalue weighted by Crippen LogP contribution is -2.15. The molecule has 0 aliphatic rings. The van der Waals surface area contributed by atoms with Crippen LogP contribution in [0.2, 0.25) is 0 Å². The van der Waals surface area contributed by atoms with Crippen LogP contribution in [0.1, 0.15) is 11.3 Å². The molecule has 1 aromatic heterocycles. The molecule has 0 saturated carbocycles. The first-order valence-corrected chi connectivity index (χ1v) is 9.46. The van der Waals surface area contributed by atoms with Crippen LogP contribution < -0.4 is 15.5 Å². The maximum atomic E-state index is 13.9. The number of nitrogens with one attached hydrogen (secondary N) is 2. The van der Waals surface area contributed by atoms with E-state index < -0.39 is 5.82 Å². The summed E-state index contributed by atoms with van der Waals surface area (Å²) in [5.74, 6) is 0.513. The van der Waals surface area contributed by atoms with Gasteiger partial charge in [-0.3, -0.25) is 9.59 Å². The Kier molecular flexibility index (Phi) is 5.81. The van der Waals surface area contributed by atoms with E-state index in [0.717, 1.165) is 5.56 Å². The molecule has 0 fully saturated rings. The number of amides is 1. The Bertz CT molecular complexity index is 1050. The summed E-state index contributed by atoms with van der Waals surface area (Å²) in [5, 5.41) is 3.13. The molecule has 0 aliphatic heterocycles. The normalized spacial score (nSPS) is 10.8. The number of hydrogen-bond acceptors (Lipinski definition) is 4. The van der Waals surface area contributed by atoms with Crippen molar-refractivity contribution >= 4 is 34.3 Å². The van der Waals surface area contributed by atoms with Crippen molar-refractivity contribution in [1.29, 1.82) is 0 Å². The summed E-state index contributed by atoms with van der Waals surface area (Å²) < 4.78 is 19.1. The number of ether oxygens (including phenoxy) is 1. The number of aryl methyl sites for hydroxylation is 1. The minimum atomic E-state index is -0.472. The molecule has 0 unspecified atom stereocenters. The molecule has 0 bridgehead atoms. The van der Waals surface area contributed by atoms with Gasteiger partial charge in [-0.15, -0.1) is 11.8 Å². The zero-order valence-corrected chi connectivity index (χ0v) is 15.8. The molecule has 3 rings (SSSR count). The molecule has 0 radical (unpaired) electrons. The molecule has 1 heterocycles.